The second kappa shape index (κ2) is 5.43. The third-order valence-electron chi connectivity index (χ3n) is 4.10. The van der Waals surface area contributed by atoms with E-state index >= 15 is 0 Å². The number of carboxylic acid groups (broad SMARTS) is 1. The number of rotatable bonds is 3. The Kier molecular flexibility index (Phi) is 3.69. The molecule has 0 spiro atoms. The van der Waals surface area contributed by atoms with Crippen molar-refractivity contribution in [3.05, 3.63) is 29.0 Å². The van der Waals surface area contributed by atoms with Gasteiger partial charge in [0, 0.05) is 30.5 Å². The molecule has 7 nitrogen and oxygen atoms in total. The lowest BCUT2D eigenvalue weighted by Crippen LogP contribution is -2.50. The molecule has 1 aromatic rings. The van der Waals surface area contributed by atoms with Crippen molar-refractivity contribution >= 4 is 5.97 Å². The molecule has 0 saturated heterocycles. The SMILES string of the molecule is COc1cc(OC)c2c(c1)OC1=C(C)CC(O)(C(=O)O)OC1C2. The van der Waals surface area contributed by atoms with E-state index in [1.807, 2.05) is 0 Å². The van der Waals surface area contributed by atoms with E-state index in [1.165, 1.54) is 7.11 Å². The molecule has 1 aromatic carbocycles. The maximum absolute atomic E-state index is 11.3. The second-order valence-corrected chi connectivity index (χ2v) is 5.63. The first-order valence-electron chi connectivity index (χ1n) is 7.14. The van der Waals surface area contributed by atoms with E-state index < -0.39 is 17.9 Å². The third-order valence-corrected chi connectivity index (χ3v) is 4.10. The van der Waals surface area contributed by atoms with Gasteiger partial charge in [0.05, 0.1) is 14.2 Å². The molecule has 2 atom stereocenters. The van der Waals surface area contributed by atoms with Gasteiger partial charge in [-0.3, -0.25) is 0 Å². The van der Waals surface area contributed by atoms with Crippen molar-refractivity contribution in [1.82, 2.24) is 0 Å². The fourth-order valence-electron chi connectivity index (χ4n) is 2.96. The number of hydrogen-bond donors (Lipinski definition) is 2. The number of benzene rings is 1. The molecule has 0 saturated carbocycles. The monoisotopic (exact) mass is 322 g/mol. The number of hydrogen-bond acceptors (Lipinski definition) is 6. The number of carbonyl (C=O) groups is 1. The summed E-state index contributed by atoms with van der Waals surface area (Å²) < 4.78 is 21.9. The van der Waals surface area contributed by atoms with E-state index in [2.05, 4.69) is 0 Å². The highest BCUT2D eigenvalue weighted by molar-refractivity contribution is 5.76. The molecule has 0 aliphatic carbocycles. The van der Waals surface area contributed by atoms with Gasteiger partial charge in [-0.1, -0.05) is 0 Å². The van der Waals surface area contributed by atoms with Crippen LogP contribution in [0, 0.1) is 0 Å². The van der Waals surface area contributed by atoms with Crippen LogP contribution in [0.5, 0.6) is 17.2 Å². The predicted molar refractivity (Wildman–Crippen MR) is 78.7 cm³/mol. The smallest absolute Gasteiger partial charge is 0.364 e. The minimum Gasteiger partial charge on any atom is -0.496 e. The van der Waals surface area contributed by atoms with E-state index in [-0.39, 0.29) is 6.42 Å². The largest absolute Gasteiger partial charge is 0.496 e. The zero-order chi connectivity index (χ0) is 16.8. The van der Waals surface area contributed by atoms with E-state index in [1.54, 1.807) is 26.2 Å². The van der Waals surface area contributed by atoms with Crippen molar-refractivity contribution in [3.8, 4) is 17.2 Å². The fourth-order valence-corrected chi connectivity index (χ4v) is 2.96. The summed E-state index contributed by atoms with van der Waals surface area (Å²) in [5.74, 6) is -1.39. The van der Waals surface area contributed by atoms with Crippen LogP contribution in [0.15, 0.2) is 23.5 Å². The van der Waals surface area contributed by atoms with Crippen molar-refractivity contribution < 1.29 is 34.0 Å². The summed E-state index contributed by atoms with van der Waals surface area (Å²) in [6.45, 7) is 1.72. The van der Waals surface area contributed by atoms with Crippen molar-refractivity contribution in [2.75, 3.05) is 14.2 Å². The average molecular weight is 322 g/mol. The van der Waals surface area contributed by atoms with Gasteiger partial charge in [0.25, 0.3) is 5.79 Å². The zero-order valence-electron chi connectivity index (χ0n) is 13.1. The number of fused-ring (bicyclic) bond motifs is 2. The van der Waals surface area contributed by atoms with Gasteiger partial charge in [-0.05, 0) is 12.5 Å². The molecule has 2 aliphatic heterocycles. The van der Waals surface area contributed by atoms with Crippen molar-refractivity contribution in [2.24, 2.45) is 0 Å². The minimum atomic E-state index is -2.24. The summed E-state index contributed by atoms with van der Waals surface area (Å²) in [6.07, 6.45) is -0.491. The average Bonchev–Trinajstić information content (AvgIpc) is 2.52. The van der Waals surface area contributed by atoms with Crippen molar-refractivity contribution in [3.63, 3.8) is 0 Å². The number of aliphatic carboxylic acids is 1. The normalized spacial score (nSPS) is 26.0. The molecule has 0 amide bonds. The highest BCUT2D eigenvalue weighted by Gasteiger charge is 2.47. The Labute approximate surface area is 133 Å². The van der Waals surface area contributed by atoms with Gasteiger partial charge in [-0.15, -0.1) is 0 Å². The molecular weight excluding hydrogens is 304 g/mol. The van der Waals surface area contributed by atoms with Gasteiger partial charge < -0.3 is 29.2 Å². The maximum Gasteiger partial charge on any atom is 0.364 e. The molecule has 124 valence electrons. The molecule has 2 unspecified atom stereocenters. The number of methoxy groups -OCH3 is 2. The predicted octanol–water partition coefficient (Wildman–Crippen LogP) is 1.47. The Morgan fingerprint density at radius 3 is 2.70 bits per heavy atom. The molecule has 2 aliphatic rings. The minimum absolute atomic E-state index is 0.148. The van der Waals surface area contributed by atoms with Gasteiger partial charge in [-0.25, -0.2) is 4.79 Å². The molecular formula is C16H18O7. The van der Waals surface area contributed by atoms with Gasteiger partial charge >= 0.3 is 5.97 Å². The first-order valence-corrected chi connectivity index (χ1v) is 7.14. The summed E-state index contributed by atoms with van der Waals surface area (Å²) >= 11 is 0. The number of carboxylic acids is 1. The standard InChI is InChI=1S/C16H18O7/c1-8-7-16(19,15(17)18)23-13-6-10-11(21-3)4-9(20-2)5-12(10)22-14(8)13/h4-5,13,19H,6-7H2,1-3H3,(H,17,18). The van der Waals surface area contributed by atoms with Crippen LogP contribution in [-0.4, -0.2) is 42.3 Å². The van der Waals surface area contributed by atoms with Gasteiger partial charge in [0.1, 0.15) is 29.1 Å². The summed E-state index contributed by atoms with van der Waals surface area (Å²) in [5.41, 5.74) is 1.38. The highest BCUT2D eigenvalue weighted by Crippen LogP contribution is 2.44. The Morgan fingerprint density at radius 2 is 2.09 bits per heavy atom. The fraction of sp³-hybridized carbons (Fsp3) is 0.438. The summed E-state index contributed by atoms with van der Waals surface area (Å²) in [7, 11) is 3.08. The highest BCUT2D eigenvalue weighted by atomic mass is 16.7. The molecule has 0 radical (unpaired) electrons. The Hall–Kier alpha value is -2.25. The first kappa shape index (κ1) is 15.6. The summed E-state index contributed by atoms with van der Waals surface area (Å²) in [6, 6.07) is 3.46. The van der Waals surface area contributed by atoms with Crippen LogP contribution >= 0.6 is 0 Å². The number of aliphatic hydroxyl groups is 1. The van der Waals surface area contributed by atoms with Crippen molar-refractivity contribution in [1.29, 1.82) is 0 Å². The quantitative estimate of drug-likeness (QED) is 0.870. The lowest BCUT2D eigenvalue weighted by Gasteiger charge is -2.39. The summed E-state index contributed by atoms with van der Waals surface area (Å²) in [4.78, 5) is 11.3. The third kappa shape index (κ3) is 2.51. The topological polar surface area (TPSA) is 94.5 Å². The Morgan fingerprint density at radius 1 is 1.35 bits per heavy atom. The molecule has 23 heavy (non-hydrogen) atoms. The molecule has 3 rings (SSSR count). The first-order chi connectivity index (χ1) is 10.9. The molecule has 2 N–H and O–H groups in total. The van der Waals surface area contributed by atoms with Gasteiger partial charge in [-0.2, -0.15) is 0 Å². The van der Waals surface area contributed by atoms with Crippen LogP contribution in [0.25, 0.3) is 0 Å². The van der Waals surface area contributed by atoms with E-state index in [0.29, 0.717) is 35.0 Å². The maximum atomic E-state index is 11.3. The van der Waals surface area contributed by atoms with Crippen LogP contribution in [0.4, 0.5) is 0 Å². The second-order valence-electron chi connectivity index (χ2n) is 5.63. The lowest BCUT2D eigenvalue weighted by molar-refractivity contribution is -0.243. The molecule has 0 aromatic heterocycles. The van der Waals surface area contributed by atoms with Crippen LogP contribution < -0.4 is 14.2 Å². The number of ether oxygens (including phenoxy) is 4. The van der Waals surface area contributed by atoms with Crippen LogP contribution in [-0.2, 0) is 16.0 Å². The van der Waals surface area contributed by atoms with Crippen LogP contribution in [0.2, 0.25) is 0 Å². The summed E-state index contributed by atoms with van der Waals surface area (Å²) in [5, 5.41) is 19.3. The van der Waals surface area contributed by atoms with Gasteiger partial charge in [0.2, 0.25) is 0 Å². The van der Waals surface area contributed by atoms with Gasteiger partial charge in [0.15, 0.2) is 0 Å². The Bertz CT molecular complexity index is 694. The van der Waals surface area contributed by atoms with E-state index in [9.17, 15) is 15.0 Å². The zero-order valence-corrected chi connectivity index (χ0v) is 13.1. The molecule has 7 heteroatoms. The van der Waals surface area contributed by atoms with Crippen LogP contribution in [0.1, 0.15) is 18.9 Å². The molecule has 2 heterocycles. The van der Waals surface area contributed by atoms with E-state index in [4.69, 9.17) is 18.9 Å². The molecule has 0 bridgehead atoms. The van der Waals surface area contributed by atoms with Crippen LogP contribution in [0.3, 0.4) is 0 Å². The van der Waals surface area contributed by atoms with Crippen molar-refractivity contribution in [2.45, 2.75) is 31.7 Å². The Balaban J connectivity index is 2.04. The van der Waals surface area contributed by atoms with E-state index in [0.717, 1.165) is 5.56 Å². The lowest BCUT2D eigenvalue weighted by atomic mass is 9.93. The molecule has 0 fully saturated rings.